The van der Waals surface area contributed by atoms with Crippen LogP contribution < -0.4 is 0 Å². The molecule has 0 saturated carbocycles. The number of hydrogen-bond acceptors (Lipinski definition) is 2. The Hall–Kier alpha value is -0.420. The third-order valence-electron chi connectivity index (χ3n) is 4.26. The number of benzene rings is 2. The fraction of sp³-hybridized carbons (Fsp3) is 0.368. The smallest absolute Gasteiger partial charge is 0.131 e. The van der Waals surface area contributed by atoms with Crippen molar-refractivity contribution in [3.05, 3.63) is 57.9 Å². The van der Waals surface area contributed by atoms with Gasteiger partial charge in [0.05, 0.1) is 13.2 Å². The van der Waals surface area contributed by atoms with Crippen LogP contribution >= 0.6 is 27.7 Å². The highest BCUT2D eigenvalue weighted by Crippen LogP contribution is 2.34. The zero-order valence-electron chi connectivity index (χ0n) is 14.8. The first-order valence-corrected chi connectivity index (χ1v) is 10.6. The summed E-state index contributed by atoms with van der Waals surface area (Å²) in [7, 11) is 11.5. The lowest BCUT2D eigenvalue weighted by atomic mass is 9.92. The Balaban J connectivity index is 2.68. The average Bonchev–Trinajstić information content (AvgIpc) is 2.63. The van der Waals surface area contributed by atoms with E-state index < -0.39 is 0 Å². The van der Waals surface area contributed by atoms with E-state index in [1.54, 1.807) is 20.3 Å². The summed E-state index contributed by atoms with van der Waals surface area (Å²) in [6, 6.07) is 7.76. The topological polar surface area (TPSA) is 18.5 Å². The first-order chi connectivity index (χ1) is 12.1. The van der Waals surface area contributed by atoms with Gasteiger partial charge in [-0.25, -0.2) is 4.39 Å². The average molecular weight is 398 g/mol. The number of halogens is 1. The zero-order chi connectivity index (χ0) is 18.4. The van der Waals surface area contributed by atoms with E-state index in [2.05, 4.69) is 39.9 Å². The van der Waals surface area contributed by atoms with Crippen LogP contribution in [0.3, 0.4) is 0 Å². The molecule has 3 unspecified atom stereocenters. The van der Waals surface area contributed by atoms with Crippen LogP contribution in [-0.4, -0.2) is 14.2 Å². The van der Waals surface area contributed by atoms with Crippen molar-refractivity contribution >= 4 is 27.7 Å². The van der Waals surface area contributed by atoms with Crippen molar-refractivity contribution in [1.82, 2.24) is 0 Å². The van der Waals surface area contributed by atoms with Gasteiger partial charge in [-0.1, -0.05) is 12.1 Å². The molecule has 0 spiro atoms. The lowest BCUT2D eigenvalue weighted by Gasteiger charge is -2.17. The minimum Gasteiger partial charge on any atom is -0.380 e. The minimum atomic E-state index is -0.206. The predicted octanol–water partition coefficient (Wildman–Crippen LogP) is 4.91. The van der Waals surface area contributed by atoms with Gasteiger partial charge >= 0.3 is 0 Å². The summed E-state index contributed by atoms with van der Waals surface area (Å²) in [5.74, 6) is -0.206. The highest BCUT2D eigenvalue weighted by atomic mass is 31.0. The molecule has 6 heteroatoms. The molecule has 0 bridgehead atoms. The van der Waals surface area contributed by atoms with E-state index in [1.165, 1.54) is 11.1 Å². The monoisotopic (exact) mass is 398 g/mol. The van der Waals surface area contributed by atoms with Crippen LogP contribution in [0, 0.1) is 5.82 Å². The Morgan fingerprint density at radius 2 is 1.16 bits per heavy atom. The van der Waals surface area contributed by atoms with Crippen molar-refractivity contribution in [2.75, 3.05) is 14.2 Å². The maximum Gasteiger partial charge on any atom is 0.131 e. The van der Waals surface area contributed by atoms with Crippen LogP contribution in [0.4, 0.5) is 4.39 Å². The molecule has 0 aliphatic carbocycles. The molecule has 2 aromatic rings. The first-order valence-electron chi connectivity index (χ1n) is 8.13. The third kappa shape index (κ3) is 4.85. The van der Waals surface area contributed by atoms with Gasteiger partial charge in [0.1, 0.15) is 5.82 Å². The number of rotatable bonds is 8. The summed E-state index contributed by atoms with van der Waals surface area (Å²) >= 11 is 0. The molecule has 0 fully saturated rings. The lowest BCUT2D eigenvalue weighted by Crippen LogP contribution is -2.02. The largest absolute Gasteiger partial charge is 0.380 e. The van der Waals surface area contributed by atoms with E-state index in [0.29, 0.717) is 24.9 Å². The Morgan fingerprint density at radius 3 is 1.72 bits per heavy atom. The lowest BCUT2D eigenvalue weighted by molar-refractivity contribution is 0.184. The molecule has 2 aromatic carbocycles. The van der Waals surface area contributed by atoms with Crippen molar-refractivity contribution in [2.24, 2.45) is 0 Å². The quantitative estimate of drug-likeness (QED) is 0.589. The second-order valence-electron chi connectivity index (χ2n) is 5.86. The maximum absolute atomic E-state index is 14.9. The van der Waals surface area contributed by atoms with Crippen LogP contribution in [0.1, 0.15) is 27.8 Å². The molecule has 0 aliphatic heterocycles. The second-order valence-corrected chi connectivity index (χ2v) is 7.08. The van der Waals surface area contributed by atoms with Gasteiger partial charge in [0, 0.05) is 19.8 Å². The van der Waals surface area contributed by atoms with E-state index in [9.17, 15) is 4.39 Å². The SMILES string of the molecule is COCc1cc(-c2cc(CP)c(CP)cc2COC)c(F)cc1CP. The standard InChI is InChI=1S/C19H26FO2P3/c1-21-7-12-4-18(19(20)6-16(12)11-25)17-5-15(10-24)14(9-23)3-13(17)8-22-2/h3-6H,7-11,23-25H2,1-2H3. The molecule has 0 aromatic heterocycles. The molecule has 3 atom stereocenters. The Kier molecular flexibility index (Phi) is 8.40. The normalized spacial score (nSPS) is 11.1. The number of ether oxygens (including phenoxy) is 2. The van der Waals surface area contributed by atoms with Gasteiger partial charge in [-0.3, -0.25) is 0 Å². The zero-order valence-corrected chi connectivity index (χ0v) is 18.2. The Bertz CT molecular complexity index is 735. The van der Waals surface area contributed by atoms with Crippen molar-refractivity contribution in [3.8, 4) is 11.1 Å². The van der Waals surface area contributed by atoms with E-state index in [0.717, 1.165) is 34.6 Å². The summed E-state index contributed by atoms with van der Waals surface area (Å²) in [5.41, 5.74) is 6.92. The number of methoxy groups -OCH3 is 2. The summed E-state index contributed by atoms with van der Waals surface area (Å²) < 4.78 is 25.5. The Morgan fingerprint density at radius 1 is 0.680 bits per heavy atom. The van der Waals surface area contributed by atoms with Crippen LogP contribution in [0.5, 0.6) is 0 Å². The summed E-state index contributed by atoms with van der Waals surface area (Å²) in [6.07, 6.45) is 2.40. The third-order valence-corrected chi connectivity index (χ3v) is 5.58. The first kappa shape index (κ1) is 20.9. The minimum absolute atomic E-state index is 0.206. The second kappa shape index (κ2) is 10.1. The molecule has 0 saturated heterocycles. The molecular weight excluding hydrogens is 372 g/mol. The van der Waals surface area contributed by atoms with Crippen molar-refractivity contribution in [2.45, 2.75) is 31.7 Å². The van der Waals surface area contributed by atoms with Gasteiger partial charge in [0.25, 0.3) is 0 Å². The maximum atomic E-state index is 14.9. The van der Waals surface area contributed by atoms with E-state index in [1.807, 2.05) is 6.07 Å². The molecular formula is C19H26FO2P3. The van der Waals surface area contributed by atoms with Gasteiger partial charge in [0.15, 0.2) is 0 Å². The fourth-order valence-corrected chi connectivity index (χ4v) is 4.13. The summed E-state index contributed by atoms with van der Waals surface area (Å²) in [4.78, 5) is 0. The molecule has 2 nitrogen and oxygen atoms in total. The van der Waals surface area contributed by atoms with Crippen LogP contribution in [0.2, 0.25) is 0 Å². The van der Waals surface area contributed by atoms with E-state index >= 15 is 0 Å². The number of hydrogen-bond donors (Lipinski definition) is 0. The molecule has 25 heavy (non-hydrogen) atoms. The van der Waals surface area contributed by atoms with E-state index in [4.69, 9.17) is 9.47 Å². The highest BCUT2D eigenvalue weighted by Gasteiger charge is 2.16. The highest BCUT2D eigenvalue weighted by molar-refractivity contribution is 7.16. The van der Waals surface area contributed by atoms with E-state index in [-0.39, 0.29) is 5.82 Å². The fourth-order valence-electron chi connectivity index (χ4n) is 2.99. The van der Waals surface area contributed by atoms with Crippen LogP contribution in [0.25, 0.3) is 11.1 Å². The molecule has 0 aliphatic rings. The molecule has 136 valence electrons. The molecule has 0 amide bonds. The van der Waals surface area contributed by atoms with Crippen molar-refractivity contribution in [1.29, 1.82) is 0 Å². The van der Waals surface area contributed by atoms with Gasteiger partial charge in [-0.2, -0.15) is 0 Å². The van der Waals surface area contributed by atoms with Gasteiger partial charge in [0.2, 0.25) is 0 Å². The molecule has 0 N–H and O–H groups in total. The molecule has 2 rings (SSSR count). The van der Waals surface area contributed by atoms with Gasteiger partial charge < -0.3 is 9.47 Å². The van der Waals surface area contributed by atoms with Crippen molar-refractivity contribution < 1.29 is 13.9 Å². The molecule has 0 radical (unpaired) electrons. The van der Waals surface area contributed by atoms with Crippen LogP contribution in [0.15, 0.2) is 24.3 Å². The summed E-state index contributed by atoms with van der Waals surface area (Å²) in [6.45, 7) is 0.922. The van der Waals surface area contributed by atoms with Gasteiger partial charge in [-0.05, 0) is 64.0 Å². The van der Waals surface area contributed by atoms with Crippen LogP contribution in [-0.2, 0) is 41.2 Å². The predicted molar refractivity (Wildman–Crippen MR) is 114 cm³/mol. The Labute approximate surface area is 156 Å². The van der Waals surface area contributed by atoms with Crippen molar-refractivity contribution in [3.63, 3.8) is 0 Å². The molecule has 0 heterocycles. The van der Waals surface area contributed by atoms with Gasteiger partial charge in [-0.15, -0.1) is 27.7 Å². The summed E-state index contributed by atoms with van der Waals surface area (Å²) in [5, 5.41) is 0.